The average Bonchev–Trinajstić information content (AvgIpc) is 3.38. The lowest BCUT2D eigenvalue weighted by atomic mass is 9.93. The second kappa shape index (κ2) is 8.90. The van der Waals surface area contributed by atoms with Gasteiger partial charge in [-0.05, 0) is 63.1 Å². The molecule has 0 aliphatic carbocycles. The monoisotopic (exact) mass is 485 g/mol. The van der Waals surface area contributed by atoms with Gasteiger partial charge in [-0.3, -0.25) is 9.89 Å². The predicted molar refractivity (Wildman–Crippen MR) is 139 cm³/mol. The van der Waals surface area contributed by atoms with E-state index in [0.29, 0.717) is 17.3 Å². The molecule has 1 amide bonds. The van der Waals surface area contributed by atoms with Crippen molar-refractivity contribution in [3.63, 3.8) is 0 Å². The molecule has 0 saturated carbocycles. The van der Waals surface area contributed by atoms with Gasteiger partial charge in [-0.15, -0.1) is 0 Å². The Morgan fingerprint density at radius 2 is 1.63 bits per heavy atom. The minimum Gasteiger partial charge on any atom is -0.489 e. The number of nitrogens with zero attached hydrogens (tertiary/aromatic N) is 2. The van der Waals surface area contributed by atoms with Gasteiger partial charge >= 0.3 is 0 Å². The number of hydrogen-bond donors (Lipinski definition) is 1. The van der Waals surface area contributed by atoms with Crippen LogP contribution in [0.5, 0.6) is 5.75 Å². The first-order valence-electron chi connectivity index (χ1n) is 11.7. The zero-order chi connectivity index (χ0) is 24.7. The summed E-state index contributed by atoms with van der Waals surface area (Å²) in [5, 5.41) is 8.29. The maximum Gasteiger partial charge on any atom is 0.273 e. The summed E-state index contributed by atoms with van der Waals surface area (Å²) in [5.74, 6) is 0.730. The summed E-state index contributed by atoms with van der Waals surface area (Å²) >= 11 is 5.97. The SMILES string of the molecule is Cc1ccc(-c2n[nH]c3c2C(c2ccc(OCc4ccc(Cl)cc4)cc2)N(C(C)(C)C)C3=O)cc1. The topological polar surface area (TPSA) is 58.2 Å². The van der Waals surface area contributed by atoms with Gasteiger partial charge < -0.3 is 9.64 Å². The molecule has 5 rings (SSSR count). The molecule has 3 aromatic carbocycles. The number of carbonyl (C=O) groups excluding carboxylic acids is 1. The number of H-pyrrole nitrogens is 1. The quantitative estimate of drug-likeness (QED) is 0.332. The first-order chi connectivity index (χ1) is 16.7. The van der Waals surface area contributed by atoms with Gasteiger partial charge in [0.05, 0.1) is 11.7 Å². The van der Waals surface area contributed by atoms with Crippen molar-refractivity contribution in [1.29, 1.82) is 0 Å². The second-order valence-electron chi connectivity index (χ2n) is 9.96. The largest absolute Gasteiger partial charge is 0.489 e. The van der Waals surface area contributed by atoms with E-state index < -0.39 is 0 Å². The molecule has 0 radical (unpaired) electrons. The number of aromatic amines is 1. The van der Waals surface area contributed by atoms with Crippen molar-refractivity contribution in [3.8, 4) is 17.0 Å². The van der Waals surface area contributed by atoms with Gasteiger partial charge in [0.15, 0.2) is 0 Å². The molecule has 1 aliphatic heterocycles. The summed E-state index contributed by atoms with van der Waals surface area (Å²) in [5.41, 5.74) is 6.14. The van der Waals surface area contributed by atoms with Crippen molar-refractivity contribution in [2.45, 2.75) is 45.9 Å². The molecular weight excluding hydrogens is 458 g/mol. The summed E-state index contributed by atoms with van der Waals surface area (Å²) in [7, 11) is 0. The van der Waals surface area contributed by atoms with Crippen LogP contribution in [-0.4, -0.2) is 26.5 Å². The lowest BCUT2D eigenvalue weighted by Crippen LogP contribution is -2.44. The van der Waals surface area contributed by atoms with Gasteiger partial charge in [0.1, 0.15) is 18.1 Å². The molecule has 0 saturated heterocycles. The van der Waals surface area contributed by atoms with Crippen molar-refractivity contribution in [1.82, 2.24) is 15.1 Å². The van der Waals surface area contributed by atoms with Crippen LogP contribution in [-0.2, 0) is 6.61 Å². The number of amides is 1. The third-order valence-electron chi connectivity index (χ3n) is 6.33. The maximum absolute atomic E-state index is 13.5. The summed E-state index contributed by atoms with van der Waals surface area (Å²) in [6.07, 6.45) is 0. The number of nitrogens with one attached hydrogen (secondary N) is 1. The number of fused-ring (bicyclic) bond motifs is 1. The summed E-state index contributed by atoms with van der Waals surface area (Å²) in [4.78, 5) is 15.4. The van der Waals surface area contributed by atoms with Crippen molar-refractivity contribution >= 4 is 17.5 Å². The third-order valence-corrected chi connectivity index (χ3v) is 6.58. The van der Waals surface area contributed by atoms with Crippen LogP contribution in [0.2, 0.25) is 5.02 Å². The number of carbonyl (C=O) groups is 1. The van der Waals surface area contributed by atoms with Crippen molar-refractivity contribution in [2.75, 3.05) is 0 Å². The van der Waals surface area contributed by atoms with Crippen molar-refractivity contribution in [3.05, 3.63) is 106 Å². The average molecular weight is 486 g/mol. The van der Waals surface area contributed by atoms with E-state index in [-0.39, 0.29) is 17.5 Å². The summed E-state index contributed by atoms with van der Waals surface area (Å²) in [6, 6.07) is 23.6. The minimum absolute atomic E-state index is 0.0357. The van der Waals surface area contributed by atoms with E-state index in [1.54, 1.807) is 0 Å². The van der Waals surface area contributed by atoms with Gasteiger partial charge in [0.2, 0.25) is 0 Å². The highest BCUT2D eigenvalue weighted by molar-refractivity contribution is 6.30. The Balaban J connectivity index is 1.49. The highest BCUT2D eigenvalue weighted by Gasteiger charge is 2.46. The molecule has 1 N–H and O–H groups in total. The van der Waals surface area contributed by atoms with Crippen LogP contribution in [0.15, 0.2) is 72.8 Å². The fourth-order valence-electron chi connectivity index (χ4n) is 4.58. The first-order valence-corrected chi connectivity index (χ1v) is 12.1. The lowest BCUT2D eigenvalue weighted by molar-refractivity contribution is 0.0546. The Labute approximate surface area is 210 Å². The number of hydrogen-bond acceptors (Lipinski definition) is 3. The smallest absolute Gasteiger partial charge is 0.273 e. The van der Waals surface area contributed by atoms with E-state index in [1.165, 1.54) is 5.56 Å². The molecule has 0 bridgehead atoms. The van der Waals surface area contributed by atoms with Crippen molar-refractivity contribution < 1.29 is 9.53 Å². The second-order valence-corrected chi connectivity index (χ2v) is 10.4. The van der Waals surface area contributed by atoms with E-state index in [1.807, 2.05) is 53.4 Å². The molecule has 2 heterocycles. The molecule has 1 unspecified atom stereocenters. The van der Waals surface area contributed by atoms with Crippen LogP contribution < -0.4 is 4.74 Å². The van der Waals surface area contributed by atoms with Gasteiger partial charge in [-0.2, -0.15) is 5.10 Å². The zero-order valence-electron chi connectivity index (χ0n) is 20.3. The van der Waals surface area contributed by atoms with E-state index in [0.717, 1.165) is 33.7 Å². The number of benzene rings is 3. The summed E-state index contributed by atoms with van der Waals surface area (Å²) in [6.45, 7) is 8.70. The van der Waals surface area contributed by atoms with Crippen LogP contribution in [0.3, 0.4) is 0 Å². The maximum atomic E-state index is 13.5. The van der Waals surface area contributed by atoms with Gasteiger partial charge in [0.25, 0.3) is 5.91 Å². The van der Waals surface area contributed by atoms with Gasteiger partial charge in [0, 0.05) is 21.7 Å². The van der Waals surface area contributed by atoms with Crippen LogP contribution in [0.4, 0.5) is 0 Å². The third kappa shape index (κ3) is 4.44. The molecule has 5 nitrogen and oxygen atoms in total. The number of ether oxygens (including phenoxy) is 1. The Kier molecular flexibility index (Phi) is 5.89. The lowest BCUT2D eigenvalue weighted by Gasteiger charge is -2.37. The zero-order valence-corrected chi connectivity index (χ0v) is 21.1. The molecule has 6 heteroatoms. The normalized spacial score (nSPS) is 15.4. The Morgan fingerprint density at radius 3 is 2.26 bits per heavy atom. The summed E-state index contributed by atoms with van der Waals surface area (Å²) < 4.78 is 5.98. The van der Waals surface area contributed by atoms with Crippen LogP contribution in [0.25, 0.3) is 11.3 Å². The van der Waals surface area contributed by atoms with E-state index in [9.17, 15) is 4.79 Å². The number of rotatable bonds is 5. The van der Waals surface area contributed by atoms with E-state index in [2.05, 4.69) is 62.2 Å². The molecule has 1 aromatic heterocycles. The fourth-order valence-corrected chi connectivity index (χ4v) is 4.71. The molecule has 1 aliphatic rings. The number of halogens is 1. The Hall–Kier alpha value is -3.57. The molecule has 4 aromatic rings. The van der Waals surface area contributed by atoms with E-state index >= 15 is 0 Å². The van der Waals surface area contributed by atoms with Crippen LogP contribution in [0, 0.1) is 6.92 Å². The van der Waals surface area contributed by atoms with E-state index in [4.69, 9.17) is 16.3 Å². The first kappa shape index (κ1) is 23.2. The molecule has 0 spiro atoms. The Bertz CT molecular complexity index is 1350. The molecule has 178 valence electrons. The standard InChI is InChI=1S/C29H28ClN3O2/c1-18-5-9-20(10-6-18)25-24-26(32-31-25)28(34)33(29(2,3)4)27(24)21-11-15-23(16-12-21)35-17-19-7-13-22(30)14-8-19/h5-16,27H,17H2,1-4H3,(H,31,32). The minimum atomic E-state index is -0.379. The predicted octanol–water partition coefficient (Wildman–Crippen LogP) is 6.96. The fraction of sp³-hybridized carbons (Fsp3) is 0.241. The van der Waals surface area contributed by atoms with Crippen molar-refractivity contribution in [2.24, 2.45) is 0 Å². The highest BCUT2D eigenvalue weighted by Crippen LogP contribution is 2.46. The van der Waals surface area contributed by atoms with Crippen LogP contribution in [0.1, 0.15) is 59.6 Å². The molecular formula is C29H28ClN3O2. The molecule has 35 heavy (non-hydrogen) atoms. The van der Waals surface area contributed by atoms with Gasteiger partial charge in [-0.25, -0.2) is 0 Å². The van der Waals surface area contributed by atoms with Gasteiger partial charge in [-0.1, -0.05) is 65.7 Å². The number of aryl methyl sites for hydroxylation is 1. The van der Waals surface area contributed by atoms with Crippen LogP contribution >= 0.6 is 11.6 Å². The molecule has 0 fully saturated rings. The molecule has 1 atom stereocenters. The highest BCUT2D eigenvalue weighted by atomic mass is 35.5. The Morgan fingerprint density at radius 1 is 0.971 bits per heavy atom. The number of aromatic nitrogens is 2.